The standard InChI is InChI=1S/C20H21N3O3/c1-11(24)23-13-6-4-12(5-7-13)17-14(10-21)19(22)26-16-9-20(2,3)8-15(25)18(16)17/h4-7,17H,8-9,22H2,1-3H3,(H,23,24). The van der Waals surface area contributed by atoms with E-state index in [4.69, 9.17) is 10.5 Å². The van der Waals surface area contributed by atoms with Crippen LogP contribution in [-0.2, 0) is 14.3 Å². The second-order valence-electron chi connectivity index (χ2n) is 7.51. The Labute approximate surface area is 152 Å². The predicted molar refractivity (Wildman–Crippen MR) is 96.4 cm³/mol. The van der Waals surface area contributed by atoms with E-state index in [0.717, 1.165) is 5.56 Å². The van der Waals surface area contributed by atoms with Crippen molar-refractivity contribution >= 4 is 17.4 Å². The Hall–Kier alpha value is -3.07. The number of nitriles is 1. The van der Waals surface area contributed by atoms with Gasteiger partial charge in [-0.1, -0.05) is 26.0 Å². The minimum Gasteiger partial charge on any atom is -0.444 e. The van der Waals surface area contributed by atoms with Crippen LogP contribution in [0, 0.1) is 16.7 Å². The van der Waals surface area contributed by atoms with E-state index in [1.54, 1.807) is 24.3 Å². The van der Waals surface area contributed by atoms with Crippen LogP contribution in [0.4, 0.5) is 5.69 Å². The minimum atomic E-state index is -0.543. The summed E-state index contributed by atoms with van der Waals surface area (Å²) < 4.78 is 5.66. The Morgan fingerprint density at radius 2 is 1.96 bits per heavy atom. The molecular formula is C20H21N3O3. The van der Waals surface area contributed by atoms with Crippen molar-refractivity contribution < 1.29 is 14.3 Å². The van der Waals surface area contributed by atoms with Gasteiger partial charge in [0.2, 0.25) is 11.8 Å². The lowest BCUT2D eigenvalue weighted by atomic mass is 9.70. The molecule has 0 fully saturated rings. The normalized spacial score (nSPS) is 21.6. The summed E-state index contributed by atoms with van der Waals surface area (Å²) in [5, 5.41) is 12.3. The molecule has 0 saturated carbocycles. The number of allylic oxidation sites excluding steroid dienone is 3. The molecule has 1 aliphatic heterocycles. The largest absolute Gasteiger partial charge is 0.444 e. The smallest absolute Gasteiger partial charge is 0.221 e. The molecule has 0 aromatic heterocycles. The summed E-state index contributed by atoms with van der Waals surface area (Å²) in [5.74, 6) is -0.127. The van der Waals surface area contributed by atoms with Crippen LogP contribution >= 0.6 is 0 Å². The molecule has 1 heterocycles. The number of benzene rings is 1. The van der Waals surface area contributed by atoms with E-state index >= 15 is 0 Å². The molecule has 26 heavy (non-hydrogen) atoms. The van der Waals surface area contributed by atoms with Crippen LogP contribution in [0.25, 0.3) is 0 Å². The van der Waals surface area contributed by atoms with Crippen molar-refractivity contribution in [3.63, 3.8) is 0 Å². The van der Waals surface area contributed by atoms with E-state index in [9.17, 15) is 14.9 Å². The molecule has 134 valence electrons. The van der Waals surface area contributed by atoms with Crippen LogP contribution in [0.15, 0.2) is 47.1 Å². The summed E-state index contributed by atoms with van der Waals surface area (Å²) in [6, 6.07) is 9.18. The molecule has 0 saturated heterocycles. The SMILES string of the molecule is CC(=O)Nc1ccc(C2C(C#N)=C(N)OC3=C2C(=O)CC(C)(C)C3)cc1. The van der Waals surface area contributed by atoms with Crippen LogP contribution in [0.2, 0.25) is 0 Å². The first-order valence-electron chi connectivity index (χ1n) is 8.43. The summed E-state index contributed by atoms with van der Waals surface area (Å²) in [5.41, 5.74) is 7.95. The molecule has 0 bridgehead atoms. The van der Waals surface area contributed by atoms with E-state index in [1.165, 1.54) is 6.92 Å². The lowest BCUT2D eigenvalue weighted by Crippen LogP contribution is -2.33. The third-order valence-corrected chi connectivity index (χ3v) is 4.64. The minimum absolute atomic E-state index is 0.0209. The Morgan fingerprint density at radius 3 is 2.54 bits per heavy atom. The van der Waals surface area contributed by atoms with Crippen molar-refractivity contribution in [1.82, 2.24) is 0 Å². The number of carbonyl (C=O) groups is 2. The Kier molecular flexibility index (Phi) is 4.33. The average molecular weight is 351 g/mol. The molecule has 1 unspecified atom stereocenters. The molecular weight excluding hydrogens is 330 g/mol. The van der Waals surface area contributed by atoms with Crippen molar-refractivity contribution in [2.45, 2.75) is 39.5 Å². The molecule has 1 aromatic carbocycles. The van der Waals surface area contributed by atoms with Crippen LogP contribution in [0.3, 0.4) is 0 Å². The molecule has 3 N–H and O–H groups in total. The molecule has 2 aliphatic rings. The summed E-state index contributed by atoms with van der Waals surface area (Å²) in [4.78, 5) is 24.0. The lowest BCUT2D eigenvalue weighted by Gasteiger charge is -2.37. The second-order valence-corrected chi connectivity index (χ2v) is 7.51. The van der Waals surface area contributed by atoms with Crippen LogP contribution in [0.1, 0.15) is 45.1 Å². The molecule has 0 spiro atoms. The Morgan fingerprint density at radius 1 is 1.31 bits per heavy atom. The first-order valence-corrected chi connectivity index (χ1v) is 8.43. The van der Waals surface area contributed by atoms with Gasteiger partial charge in [-0.2, -0.15) is 5.26 Å². The van der Waals surface area contributed by atoms with E-state index < -0.39 is 5.92 Å². The number of nitrogens with zero attached hydrogens (tertiary/aromatic N) is 1. The van der Waals surface area contributed by atoms with Crippen LogP contribution in [-0.4, -0.2) is 11.7 Å². The fourth-order valence-electron chi connectivity index (χ4n) is 3.58. The molecule has 1 amide bonds. The average Bonchev–Trinajstić information content (AvgIpc) is 2.52. The number of Topliss-reactive ketones (excluding diaryl/α,β-unsaturated/α-hetero) is 1. The second kappa shape index (κ2) is 6.34. The molecule has 1 aliphatic carbocycles. The topological polar surface area (TPSA) is 105 Å². The number of hydrogen-bond donors (Lipinski definition) is 2. The summed E-state index contributed by atoms with van der Waals surface area (Å²) in [7, 11) is 0. The molecule has 0 radical (unpaired) electrons. The van der Waals surface area contributed by atoms with E-state index in [0.29, 0.717) is 29.9 Å². The van der Waals surface area contributed by atoms with Gasteiger partial charge in [0, 0.05) is 31.0 Å². The van der Waals surface area contributed by atoms with Gasteiger partial charge in [-0.05, 0) is 23.1 Å². The number of hydrogen-bond acceptors (Lipinski definition) is 5. The highest BCUT2D eigenvalue weighted by Gasteiger charge is 2.42. The third-order valence-electron chi connectivity index (χ3n) is 4.64. The number of nitrogens with one attached hydrogen (secondary N) is 1. The highest BCUT2D eigenvalue weighted by Crippen LogP contribution is 2.47. The summed E-state index contributed by atoms with van der Waals surface area (Å²) in [6.07, 6.45) is 0.988. The van der Waals surface area contributed by atoms with Crippen molar-refractivity contribution in [2.24, 2.45) is 11.1 Å². The van der Waals surface area contributed by atoms with Crippen molar-refractivity contribution in [3.8, 4) is 6.07 Å². The zero-order valence-corrected chi connectivity index (χ0v) is 15.1. The van der Waals surface area contributed by atoms with Crippen LogP contribution in [0.5, 0.6) is 0 Å². The van der Waals surface area contributed by atoms with Crippen molar-refractivity contribution in [3.05, 3.63) is 52.6 Å². The van der Waals surface area contributed by atoms with E-state index in [-0.39, 0.29) is 28.6 Å². The van der Waals surface area contributed by atoms with Gasteiger partial charge in [0.25, 0.3) is 0 Å². The van der Waals surface area contributed by atoms with Gasteiger partial charge in [-0.3, -0.25) is 9.59 Å². The molecule has 3 rings (SSSR count). The maximum atomic E-state index is 12.8. The van der Waals surface area contributed by atoms with E-state index in [1.807, 2.05) is 13.8 Å². The number of nitrogens with two attached hydrogens (primary N) is 1. The molecule has 6 heteroatoms. The molecule has 6 nitrogen and oxygen atoms in total. The number of rotatable bonds is 2. The number of ether oxygens (including phenoxy) is 1. The molecule has 1 aromatic rings. The summed E-state index contributed by atoms with van der Waals surface area (Å²) >= 11 is 0. The quantitative estimate of drug-likeness (QED) is 0.852. The zero-order chi connectivity index (χ0) is 19.1. The third kappa shape index (κ3) is 3.21. The fraction of sp³-hybridized carbons (Fsp3) is 0.350. The maximum absolute atomic E-state index is 12.8. The van der Waals surface area contributed by atoms with Crippen molar-refractivity contribution in [2.75, 3.05) is 5.32 Å². The number of ketones is 1. The highest BCUT2D eigenvalue weighted by atomic mass is 16.5. The van der Waals surface area contributed by atoms with Crippen molar-refractivity contribution in [1.29, 1.82) is 5.26 Å². The van der Waals surface area contributed by atoms with Gasteiger partial charge >= 0.3 is 0 Å². The van der Waals surface area contributed by atoms with Gasteiger partial charge in [-0.25, -0.2) is 0 Å². The van der Waals surface area contributed by atoms with Gasteiger partial charge in [0.05, 0.1) is 5.92 Å². The van der Waals surface area contributed by atoms with Gasteiger partial charge in [0.1, 0.15) is 17.4 Å². The lowest BCUT2D eigenvalue weighted by molar-refractivity contribution is -0.119. The highest BCUT2D eigenvalue weighted by molar-refractivity contribution is 6.00. The monoisotopic (exact) mass is 351 g/mol. The number of anilines is 1. The number of carbonyl (C=O) groups excluding carboxylic acids is 2. The van der Waals surface area contributed by atoms with Gasteiger partial charge in [0.15, 0.2) is 5.78 Å². The van der Waals surface area contributed by atoms with Gasteiger partial charge in [-0.15, -0.1) is 0 Å². The first kappa shape index (κ1) is 17.7. The Balaban J connectivity index is 2.08. The zero-order valence-electron chi connectivity index (χ0n) is 15.1. The first-order chi connectivity index (χ1) is 12.2. The van der Waals surface area contributed by atoms with Gasteiger partial charge < -0.3 is 15.8 Å². The predicted octanol–water partition coefficient (Wildman–Crippen LogP) is 3.10. The maximum Gasteiger partial charge on any atom is 0.221 e. The van der Waals surface area contributed by atoms with Crippen LogP contribution < -0.4 is 11.1 Å². The Bertz CT molecular complexity index is 886. The fourth-order valence-corrected chi connectivity index (χ4v) is 3.58. The van der Waals surface area contributed by atoms with E-state index in [2.05, 4.69) is 11.4 Å². The number of amides is 1. The summed E-state index contributed by atoms with van der Waals surface area (Å²) in [6.45, 7) is 5.45. The molecule has 1 atom stereocenters.